The van der Waals surface area contributed by atoms with Gasteiger partial charge in [0.05, 0.1) is 31.8 Å². The molecule has 0 bridgehead atoms. The van der Waals surface area contributed by atoms with Crippen molar-refractivity contribution in [1.82, 2.24) is 25.7 Å². The van der Waals surface area contributed by atoms with Crippen molar-refractivity contribution >= 4 is 16.9 Å². The second kappa shape index (κ2) is 8.95. The summed E-state index contributed by atoms with van der Waals surface area (Å²) in [4.78, 5) is 17.5. The molecule has 1 fully saturated rings. The van der Waals surface area contributed by atoms with Crippen molar-refractivity contribution in [1.29, 1.82) is 0 Å². The summed E-state index contributed by atoms with van der Waals surface area (Å²) in [6.07, 6.45) is 0.627. The number of hydrazine groups is 1. The van der Waals surface area contributed by atoms with Crippen LogP contribution in [0.1, 0.15) is 43.7 Å². The third-order valence-electron chi connectivity index (χ3n) is 5.64. The Morgan fingerprint density at radius 2 is 1.94 bits per heavy atom. The molecular formula is C23H29N5O3. The Bertz CT molecular complexity index is 1080. The summed E-state index contributed by atoms with van der Waals surface area (Å²) in [5.41, 5.74) is 9.37. The molecule has 1 amide bonds. The van der Waals surface area contributed by atoms with Crippen LogP contribution in [-0.4, -0.2) is 35.7 Å². The van der Waals surface area contributed by atoms with E-state index in [0.717, 1.165) is 22.4 Å². The van der Waals surface area contributed by atoms with E-state index in [0.29, 0.717) is 24.5 Å². The summed E-state index contributed by atoms with van der Waals surface area (Å²) >= 11 is 0. The van der Waals surface area contributed by atoms with E-state index in [9.17, 15) is 4.79 Å². The van der Waals surface area contributed by atoms with Crippen LogP contribution >= 0.6 is 0 Å². The number of nitrogens with zero attached hydrogens (tertiary/aromatic N) is 2. The molecule has 4 rings (SSSR count). The SMILES string of the molecule is COc1ccc(C2CC(C(=O)NCc3nc4ccccc4n3C(C)C)NN2)cc1OC. The average Bonchev–Trinajstić information content (AvgIpc) is 3.42. The Morgan fingerprint density at radius 3 is 2.68 bits per heavy atom. The molecule has 8 heteroatoms. The zero-order chi connectivity index (χ0) is 22.0. The lowest BCUT2D eigenvalue weighted by Gasteiger charge is -2.15. The Morgan fingerprint density at radius 1 is 1.16 bits per heavy atom. The van der Waals surface area contributed by atoms with Crippen LogP contribution in [0.15, 0.2) is 42.5 Å². The van der Waals surface area contributed by atoms with E-state index >= 15 is 0 Å². The molecule has 8 nitrogen and oxygen atoms in total. The van der Waals surface area contributed by atoms with Gasteiger partial charge >= 0.3 is 0 Å². The van der Waals surface area contributed by atoms with Crippen molar-refractivity contribution in [3.05, 3.63) is 53.9 Å². The fraction of sp³-hybridized carbons (Fsp3) is 0.391. The predicted molar refractivity (Wildman–Crippen MR) is 119 cm³/mol. The van der Waals surface area contributed by atoms with Gasteiger partial charge in [-0.05, 0) is 50.1 Å². The lowest BCUT2D eigenvalue weighted by atomic mass is 10.0. The largest absolute Gasteiger partial charge is 0.493 e. The molecule has 0 aliphatic carbocycles. The maximum atomic E-state index is 12.8. The number of hydrogen-bond acceptors (Lipinski definition) is 6. The molecule has 3 N–H and O–H groups in total. The first-order valence-corrected chi connectivity index (χ1v) is 10.5. The van der Waals surface area contributed by atoms with Gasteiger partial charge < -0.3 is 19.4 Å². The number of carbonyl (C=O) groups excluding carboxylic acids is 1. The van der Waals surface area contributed by atoms with Crippen molar-refractivity contribution in [2.45, 2.75) is 44.9 Å². The topological polar surface area (TPSA) is 89.4 Å². The van der Waals surface area contributed by atoms with E-state index in [1.165, 1.54) is 0 Å². The van der Waals surface area contributed by atoms with Gasteiger partial charge in [0.2, 0.25) is 5.91 Å². The molecule has 2 heterocycles. The summed E-state index contributed by atoms with van der Waals surface area (Å²) in [6.45, 7) is 4.62. The molecule has 0 spiro atoms. The zero-order valence-electron chi connectivity index (χ0n) is 18.3. The quantitative estimate of drug-likeness (QED) is 0.542. The Hall–Kier alpha value is -3.10. The molecule has 1 aromatic heterocycles. The third kappa shape index (κ3) is 4.22. The lowest BCUT2D eigenvalue weighted by molar-refractivity contribution is -0.123. The number of rotatable bonds is 7. The van der Waals surface area contributed by atoms with Crippen molar-refractivity contribution in [3.8, 4) is 11.5 Å². The first-order valence-electron chi connectivity index (χ1n) is 10.5. The highest BCUT2D eigenvalue weighted by molar-refractivity contribution is 5.82. The normalized spacial score (nSPS) is 18.5. The third-order valence-corrected chi connectivity index (χ3v) is 5.64. The molecular weight excluding hydrogens is 394 g/mol. The van der Waals surface area contributed by atoms with Gasteiger partial charge in [0.25, 0.3) is 0 Å². The summed E-state index contributed by atoms with van der Waals surface area (Å²) in [6, 6.07) is 13.7. The molecule has 2 atom stereocenters. The number of benzene rings is 2. The number of amides is 1. The number of para-hydroxylation sites is 2. The highest BCUT2D eigenvalue weighted by Gasteiger charge is 2.30. The minimum Gasteiger partial charge on any atom is -0.493 e. The fourth-order valence-corrected chi connectivity index (χ4v) is 4.10. The van der Waals surface area contributed by atoms with Crippen LogP contribution in [0.5, 0.6) is 11.5 Å². The summed E-state index contributed by atoms with van der Waals surface area (Å²) in [5, 5.41) is 3.04. The smallest absolute Gasteiger partial charge is 0.238 e. The highest BCUT2D eigenvalue weighted by atomic mass is 16.5. The maximum Gasteiger partial charge on any atom is 0.238 e. The zero-order valence-corrected chi connectivity index (χ0v) is 18.3. The number of ether oxygens (including phenoxy) is 2. The van der Waals surface area contributed by atoms with Crippen molar-refractivity contribution in [2.24, 2.45) is 0 Å². The van der Waals surface area contributed by atoms with Crippen LogP contribution in [0.3, 0.4) is 0 Å². The number of methoxy groups -OCH3 is 2. The molecule has 1 aliphatic rings. The number of imidazole rings is 1. The van der Waals surface area contributed by atoms with Crippen LogP contribution in [0.25, 0.3) is 11.0 Å². The summed E-state index contributed by atoms with van der Waals surface area (Å²) in [7, 11) is 3.23. The predicted octanol–water partition coefficient (Wildman–Crippen LogP) is 2.86. The average molecular weight is 424 g/mol. The molecule has 31 heavy (non-hydrogen) atoms. The minimum atomic E-state index is -0.338. The summed E-state index contributed by atoms with van der Waals surface area (Å²) in [5.74, 6) is 2.15. The van der Waals surface area contributed by atoms with Crippen molar-refractivity contribution in [2.75, 3.05) is 14.2 Å². The monoisotopic (exact) mass is 423 g/mol. The first-order chi connectivity index (χ1) is 15.0. The van der Waals surface area contributed by atoms with E-state index in [2.05, 4.69) is 40.6 Å². The van der Waals surface area contributed by atoms with Crippen molar-refractivity contribution < 1.29 is 14.3 Å². The highest BCUT2D eigenvalue weighted by Crippen LogP contribution is 2.32. The first kappa shape index (κ1) is 21.1. The van der Waals surface area contributed by atoms with Gasteiger partial charge in [-0.3, -0.25) is 4.79 Å². The van der Waals surface area contributed by atoms with Gasteiger partial charge in [-0.25, -0.2) is 15.8 Å². The van der Waals surface area contributed by atoms with Gasteiger partial charge in [-0.2, -0.15) is 0 Å². The molecule has 2 aromatic carbocycles. The number of hydrogen-bond donors (Lipinski definition) is 3. The molecule has 1 aliphatic heterocycles. The fourth-order valence-electron chi connectivity index (χ4n) is 4.10. The Balaban J connectivity index is 1.42. The second-order valence-corrected chi connectivity index (χ2v) is 7.94. The van der Waals surface area contributed by atoms with E-state index < -0.39 is 0 Å². The number of aromatic nitrogens is 2. The lowest BCUT2D eigenvalue weighted by Crippen LogP contribution is -2.43. The van der Waals surface area contributed by atoms with Gasteiger partial charge in [0.1, 0.15) is 11.9 Å². The van der Waals surface area contributed by atoms with Gasteiger partial charge in [-0.1, -0.05) is 18.2 Å². The minimum absolute atomic E-state index is 0.00389. The van der Waals surface area contributed by atoms with E-state index in [4.69, 9.17) is 14.5 Å². The molecule has 1 saturated heterocycles. The number of fused-ring (bicyclic) bond motifs is 1. The Labute approximate surface area is 181 Å². The van der Waals surface area contributed by atoms with Crippen LogP contribution in [0.4, 0.5) is 0 Å². The van der Waals surface area contributed by atoms with Gasteiger partial charge in [0, 0.05) is 12.1 Å². The molecule has 164 valence electrons. The van der Waals surface area contributed by atoms with Crippen LogP contribution < -0.4 is 25.6 Å². The number of nitrogens with one attached hydrogen (secondary N) is 3. The van der Waals surface area contributed by atoms with Crippen LogP contribution in [0, 0.1) is 0 Å². The maximum absolute atomic E-state index is 12.8. The van der Waals surface area contributed by atoms with Crippen molar-refractivity contribution in [3.63, 3.8) is 0 Å². The number of carbonyl (C=O) groups is 1. The van der Waals surface area contributed by atoms with E-state index in [1.54, 1.807) is 14.2 Å². The van der Waals surface area contributed by atoms with E-state index in [-0.39, 0.29) is 24.0 Å². The Kier molecular flexibility index (Phi) is 6.11. The van der Waals surface area contributed by atoms with E-state index in [1.807, 2.05) is 36.4 Å². The molecule has 3 aromatic rings. The molecule has 0 saturated carbocycles. The van der Waals surface area contributed by atoms with Crippen LogP contribution in [0.2, 0.25) is 0 Å². The van der Waals surface area contributed by atoms with Gasteiger partial charge in [-0.15, -0.1) is 0 Å². The van der Waals surface area contributed by atoms with Crippen LogP contribution in [-0.2, 0) is 11.3 Å². The molecule has 2 unspecified atom stereocenters. The second-order valence-electron chi connectivity index (χ2n) is 7.94. The van der Waals surface area contributed by atoms with Gasteiger partial charge in [0.15, 0.2) is 11.5 Å². The summed E-state index contributed by atoms with van der Waals surface area (Å²) < 4.78 is 12.9. The molecule has 0 radical (unpaired) electrons. The standard InChI is InChI=1S/C23H29N5O3/c1-14(2)28-19-8-6-5-7-16(19)25-22(28)13-24-23(29)18-12-17(26-27-18)15-9-10-20(30-3)21(11-15)31-4/h5-11,14,17-18,26-27H,12-13H2,1-4H3,(H,24,29).